The predicted octanol–water partition coefficient (Wildman–Crippen LogP) is 1.24. The van der Waals surface area contributed by atoms with Gasteiger partial charge in [0.1, 0.15) is 6.04 Å². The summed E-state index contributed by atoms with van der Waals surface area (Å²) in [5, 5.41) is 16.0. The second-order valence-corrected chi connectivity index (χ2v) is 9.04. The van der Waals surface area contributed by atoms with Gasteiger partial charge in [-0.15, -0.1) is 0 Å². The highest BCUT2D eigenvalue weighted by Crippen LogP contribution is 2.32. The van der Waals surface area contributed by atoms with Crippen LogP contribution in [-0.2, 0) is 27.4 Å². The van der Waals surface area contributed by atoms with Crippen LogP contribution in [0.2, 0.25) is 0 Å². The average molecular weight is 508 g/mol. The number of amides is 3. The number of fused-ring (bicyclic) bond motifs is 3. The fourth-order valence-corrected chi connectivity index (χ4v) is 4.93. The number of carboxylic acids is 1. The summed E-state index contributed by atoms with van der Waals surface area (Å²) < 4.78 is 47.6. The van der Waals surface area contributed by atoms with Crippen LogP contribution in [0.5, 0.6) is 0 Å². The molecule has 3 amide bonds. The van der Waals surface area contributed by atoms with Gasteiger partial charge in [0.2, 0.25) is 5.91 Å². The molecule has 2 N–H and O–H groups in total. The van der Waals surface area contributed by atoms with Gasteiger partial charge >= 0.3 is 12.0 Å². The molecule has 5 rings (SSSR count). The van der Waals surface area contributed by atoms with Gasteiger partial charge in [-0.25, -0.2) is 18.0 Å². The standard InChI is InChI=1S/C22H23F3N6O5/c1-11-5-31-17(7-28(11)22(35)27-12-2-14(23)20(25)15(24)3-12)16(4-26-31)30-6-13-9-36-10-18(21(30)34)29(13)8-19(32)33/h2-4,11,13,18H,5-10H2,1H3,(H,27,35)(H,32,33)/t11-,13?,18-/m0/s1. The molecule has 3 atom stereocenters. The van der Waals surface area contributed by atoms with Crippen LogP contribution in [0.3, 0.4) is 0 Å². The molecule has 14 heteroatoms. The molecule has 1 aromatic heterocycles. The van der Waals surface area contributed by atoms with Gasteiger partial charge in [0.05, 0.1) is 62.5 Å². The number of aromatic nitrogens is 2. The number of hydrogen-bond donors (Lipinski definition) is 2. The van der Waals surface area contributed by atoms with Gasteiger partial charge in [-0.05, 0) is 6.92 Å². The Kier molecular flexibility index (Phi) is 6.08. The average Bonchev–Trinajstić information content (AvgIpc) is 3.21. The van der Waals surface area contributed by atoms with Gasteiger partial charge in [0, 0.05) is 24.4 Å². The topological polar surface area (TPSA) is 120 Å². The Morgan fingerprint density at radius 2 is 1.92 bits per heavy atom. The molecule has 1 unspecified atom stereocenters. The fourth-order valence-electron chi connectivity index (χ4n) is 4.93. The lowest BCUT2D eigenvalue weighted by Gasteiger charge is -2.48. The number of carboxylic acid groups (broad SMARTS) is 1. The number of carbonyl (C=O) groups excluding carboxylic acids is 2. The second-order valence-electron chi connectivity index (χ2n) is 9.04. The minimum atomic E-state index is -1.63. The Labute approximate surface area is 203 Å². The Morgan fingerprint density at radius 1 is 1.19 bits per heavy atom. The van der Waals surface area contributed by atoms with Crippen molar-refractivity contribution in [2.45, 2.75) is 38.1 Å². The molecular weight excluding hydrogens is 485 g/mol. The summed E-state index contributed by atoms with van der Waals surface area (Å²) in [7, 11) is 0. The first-order chi connectivity index (χ1) is 17.1. The number of morpholine rings is 1. The lowest BCUT2D eigenvalue weighted by Crippen LogP contribution is -2.68. The Bertz CT molecular complexity index is 1220. The Hall–Kier alpha value is -3.65. The number of benzene rings is 1. The van der Waals surface area contributed by atoms with Crippen molar-refractivity contribution in [1.82, 2.24) is 19.6 Å². The summed E-state index contributed by atoms with van der Waals surface area (Å²) in [5.74, 6) is -5.83. The van der Waals surface area contributed by atoms with E-state index in [1.807, 2.05) is 0 Å². The maximum absolute atomic E-state index is 13.6. The lowest BCUT2D eigenvalue weighted by atomic mass is 10.0. The predicted molar refractivity (Wildman–Crippen MR) is 118 cm³/mol. The molecule has 2 fully saturated rings. The number of urea groups is 1. The molecule has 0 radical (unpaired) electrons. The molecule has 192 valence electrons. The number of nitrogens with zero attached hydrogens (tertiary/aromatic N) is 5. The number of carbonyl (C=O) groups is 3. The normalized spacial score (nSPS) is 24.0. The van der Waals surface area contributed by atoms with Crippen LogP contribution in [0, 0.1) is 17.5 Å². The highest BCUT2D eigenvalue weighted by atomic mass is 19.2. The molecule has 4 heterocycles. The van der Waals surface area contributed by atoms with Crippen molar-refractivity contribution >= 4 is 29.3 Å². The number of nitrogens with one attached hydrogen (secondary N) is 1. The van der Waals surface area contributed by atoms with Crippen LogP contribution < -0.4 is 10.2 Å². The summed E-state index contributed by atoms with van der Waals surface area (Å²) in [6.45, 7) is 2.37. The zero-order chi connectivity index (χ0) is 25.7. The SMILES string of the molecule is C[C@H]1Cn2ncc(N3CC4COC[C@@H](C3=O)N4CC(=O)O)c2CN1C(=O)Nc1cc(F)c(F)c(F)c1. The number of anilines is 2. The smallest absolute Gasteiger partial charge is 0.322 e. The summed E-state index contributed by atoms with van der Waals surface area (Å²) in [4.78, 5) is 42.2. The number of rotatable bonds is 4. The summed E-state index contributed by atoms with van der Waals surface area (Å²) in [6, 6.07) is -0.703. The number of piperazine rings is 1. The monoisotopic (exact) mass is 508 g/mol. The molecular formula is C22H23F3N6O5. The van der Waals surface area contributed by atoms with E-state index in [0.29, 0.717) is 30.1 Å². The Morgan fingerprint density at radius 3 is 2.61 bits per heavy atom. The maximum atomic E-state index is 13.6. The van der Waals surface area contributed by atoms with E-state index < -0.39 is 35.5 Å². The zero-order valence-electron chi connectivity index (χ0n) is 19.2. The van der Waals surface area contributed by atoms with Crippen molar-refractivity contribution in [2.24, 2.45) is 0 Å². The van der Waals surface area contributed by atoms with E-state index in [-0.39, 0.29) is 56.5 Å². The van der Waals surface area contributed by atoms with Crippen molar-refractivity contribution in [2.75, 3.05) is 36.5 Å². The van der Waals surface area contributed by atoms with Gasteiger partial charge in [-0.2, -0.15) is 5.10 Å². The van der Waals surface area contributed by atoms with Gasteiger partial charge in [0.25, 0.3) is 0 Å². The number of hydrogen-bond acceptors (Lipinski definition) is 6. The van der Waals surface area contributed by atoms with Gasteiger partial charge in [-0.3, -0.25) is 19.2 Å². The minimum Gasteiger partial charge on any atom is -0.480 e. The molecule has 0 aliphatic carbocycles. The third kappa shape index (κ3) is 4.15. The molecule has 3 aliphatic heterocycles. The minimum absolute atomic E-state index is 0.0446. The summed E-state index contributed by atoms with van der Waals surface area (Å²) in [6.07, 6.45) is 1.54. The van der Waals surface area contributed by atoms with E-state index in [1.54, 1.807) is 21.4 Å². The first-order valence-corrected chi connectivity index (χ1v) is 11.3. The molecule has 0 spiro atoms. The van der Waals surface area contributed by atoms with Crippen LogP contribution in [0.4, 0.5) is 29.3 Å². The molecule has 2 bridgehead atoms. The van der Waals surface area contributed by atoms with Crippen molar-refractivity contribution in [3.05, 3.63) is 41.5 Å². The van der Waals surface area contributed by atoms with Crippen LogP contribution >= 0.6 is 0 Å². The Balaban J connectivity index is 1.37. The number of ether oxygens (including phenoxy) is 1. The van der Waals surface area contributed by atoms with Crippen molar-refractivity contribution in [3.63, 3.8) is 0 Å². The van der Waals surface area contributed by atoms with Crippen LogP contribution in [0.25, 0.3) is 0 Å². The number of halogens is 3. The third-order valence-corrected chi connectivity index (χ3v) is 6.72. The van der Waals surface area contributed by atoms with Crippen molar-refractivity contribution in [1.29, 1.82) is 0 Å². The maximum Gasteiger partial charge on any atom is 0.322 e. The van der Waals surface area contributed by atoms with Gasteiger partial charge < -0.3 is 25.0 Å². The highest BCUT2D eigenvalue weighted by molar-refractivity contribution is 5.99. The molecule has 2 saturated heterocycles. The van der Waals surface area contributed by atoms with E-state index in [1.165, 1.54) is 11.1 Å². The molecule has 1 aromatic carbocycles. The second kappa shape index (κ2) is 9.09. The summed E-state index contributed by atoms with van der Waals surface area (Å²) >= 11 is 0. The molecule has 3 aliphatic rings. The first-order valence-electron chi connectivity index (χ1n) is 11.3. The summed E-state index contributed by atoms with van der Waals surface area (Å²) in [5.41, 5.74) is 0.842. The van der Waals surface area contributed by atoms with E-state index in [0.717, 1.165) is 0 Å². The molecule has 36 heavy (non-hydrogen) atoms. The van der Waals surface area contributed by atoms with Crippen LogP contribution in [0.15, 0.2) is 18.3 Å². The van der Waals surface area contributed by atoms with E-state index in [9.17, 15) is 32.7 Å². The molecule has 11 nitrogen and oxygen atoms in total. The fraction of sp³-hybridized carbons (Fsp3) is 0.455. The zero-order valence-corrected chi connectivity index (χ0v) is 19.2. The van der Waals surface area contributed by atoms with Crippen molar-refractivity contribution in [3.8, 4) is 0 Å². The van der Waals surface area contributed by atoms with Crippen molar-refractivity contribution < 1.29 is 37.4 Å². The van der Waals surface area contributed by atoms with E-state index >= 15 is 0 Å². The van der Waals surface area contributed by atoms with E-state index in [4.69, 9.17) is 4.74 Å². The molecule has 0 saturated carbocycles. The van der Waals surface area contributed by atoms with Gasteiger partial charge in [0.15, 0.2) is 17.5 Å². The highest BCUT2D eigenvalue weighted by Gasteiger charge is 2.46. The number of aliphatic carboxylic acids is 1. The van der Waals surface area contributed by atoms with Gasteiger partial charge in [-0.1, -0.05) is 0 Å². The van der Waals surface area contributed by atoms with E-state index in [2.05, 4.69) is 10.4 Å². The van der Waals surface area contributed by atoms with Crippen LogP contribution in [0.1, 0.15) is 12.6 Å². The largest absolute Gasteiger partial charge is 0.480 e. The lowest BCUT2D eigenvalue weighted by molar-refractivity contribution is -0.149. The molecule has 2 aromatic rings. The van der Waals surface area contributed by atoms with Crippen LogP contribution in [-0.4, -0.2) is 87.0 Å². The third-order valence-electron chi connectivity index (χ3n) is 6.72. The quantitative estimate of drug-likeness (QED) is 0.597. The first kappa shape index (κ1) is 24.1.